The highest BCUT2D eigenvalue weighted by Crippen LogP contribution is 2.36. The predicted octanol–water partition coefficient (Wildman–Crippen LogP) is 8.15. The molecule has 2 heterocycles. The number of primary sulfonamides is 2. The monoisotopic (exact) mass is 918 g/mol. The van der Waals surface area contributed by atoms with Crippen molar-refractivity contribution in [3.05, 3.63) is 155 Å². The van der Waals surface area contributed by atoms with Gasteiger partial charge in [-0.05, 0) is 66.6 Å². The zero-order chi connectivity index (χ0) is 45.6. The largest absolute Gasteiger partial charge is 0.417 e. The number of carbonyl (C=O) groups excluding carboxylic acids is 2. The number of pyridine rings is 2. The summed E-state index contributed by atoms with van der Waals surface area (Å²) in [6.45, 7) is 1.92. The van der Waals surface area contributed by atoms with Crippen LogP contribution in [0.25, 0.3) is 22.3 Å². The van der Waals surface area contributed by atoms with Gasteiger partial charge in [-0.25, -0.2) is 27.1 Å². The van der Waals surface area contributed by atoms with Gasteiger partial charge in [-0.1, -0.05) is 65.7 Å². The van der Waals surface area contributed by atoms with Gasteiger partial charge in [0.1, 0.15) is 0 Å². The van der Waals surface area contributed by atoms with Crippen LogP contribution in [0.5, 0.6) is 0 Å². The van der Waals surface area contributed by atoms with Gasteiger partial charge in [0.25, 0.3) is 0 Å². The minimum absolute atomic E-state index is 0.0232. The number of nitrogens with one attached hydrogen (secondary N) is 2. The van der Waals surface area contributed by atoms with Gasteiger partial charge in [0.2, 0.25) is 31.9 Å². The number of anilines is 2. The first kappa shape index (κ1) is 46.9. The highest BCUT2D eigenvalue weighted by atomic mass is 35.5. The second-order valence-corrected chi connectivity index (χ2v) is 17.0. The first-order valence-electron chi connectivity index (χ1n) is 17.7. The molecule has 0 saturated heterocycles. The van der Waals surface area contributed by atoms with E-state index in [1.165, 1.54) is 24.3 Å². The van der Waals surface area contributed by atoms with Crippen molar-refractivity contribution in [3.8, 4) is 22.3 Å². The average molecular weight is 919 g/mol. The number of benzene rings is 4. The van der Waals surface area contributed by atoms with Crippen molar-refractivity contribution in [3.63, 3.8) is 0 Å². The third-order valence-electron chi connectivity index (χ3n) is 8.64. The van der Waals surface area contributed by atoms with Crippen LogP contribution in [0.1, 0.15) is 27.8 Å². The van der Waals surface area contributed by atoms with E-state index in [0.29, 0.717) is 23.0 Å². The molecule has 2 amide bonds. The first-order chi connectivity index (χ1) is 28.9. The molecule has 0 aliphatic heterocycles. The van der Waals surface area contributed by atoms with E-state index in [-0.39, 0.29) is 46.5 Å². The van der Waals surface area contributed by atoms with E-state index in [0.717, 1.165) is 47.8 Å². The Hall–Kier alpha value is -6.19. The zero-order valence-corrected chi connectivity index (χ0v) is 34.3. The van der Waals surface area contributed by atoms with Gasteiger partial charge in [0.05, 0.1) is 33.8 Å². The molecule has 12 nitrogen and oxygen atoms in total. The van der Waals surface area contributed by atoms with E-state index in [2.05, 4.69) is 20.6 Å². The SMILES string of the molecule is Cc1ccc(CC(=O)Nc2ccc(-c3cncc(C(F)(F)F)c3)c(S(N)(=O)=O)c2)cc1.NS(=O)(=O)c1cc(NC(=O)Cc2cccc(Cl)c2)ccc1-c1cncc(C(F)(F)F)c1. The van der Waals surface area contributed by atoms with E-state index < -0.39 is 65.1 Å². The van der Waals surface area contributed by atoms with E-state index in [4.69, 9.17) is 21.9 Å². The summed E-state index contributed by atoms with van der Waals surface area (Å²) < 4.78 is 126. The van der Waals surface area contributed by atoms with E-state index in [9.17, 15) is 52.8 Å². The lowest BCUT2D eigenvalue weighted by atomic mass is 10.0. The fourth-order valence-electron chi connectivity index (χ4n) is 5.77. The number of rotatable bonds is 10. The van der Waals surface area contributed by atoms with Gasteiger partial charge in [-0.2, -0.15) is 26.3 Å². The Morgan fingerprint density at radius 2 is 1.03 bits per heavy atom. The Bertz CT molecular complexity index is 2860. The van der Waals surface area contributed by atoms with Crippen molar-refractivity contribution in [2.24, 2.45) is 10.3 Å². The van der Waals surface area contributed by atoms with Crippen molar-refractivity contribution in [1.29, 1.82) is 0 Å². The molecule has 6 aromatic rings. The molecule has 6 rings (SSSR count). The molecular weight excluding hydrogens is 886 g/mol. The molecule has 0 radical (unpaired) electrons. The second kappa shape index (κ2) is 18.8. The molecule has 2 aromatic heterocycles. The fraction of sp³-hybridized carbons (Fsp3) is 0.122. The Balaban J connectivity index is 0.000000234. The van der Waals surface area contributed by atoms with Crippen LogP contribution in [0.2, 0.25) is 5.02 Å². The lowest BCUT2D eigenvalue weighted by Crippen LogP contribution is -2.17. The molecule has 4 aromatic carbocycles. The number of halogens is 7. The number of nitrogens with two attached hydrogens (primary N) is 2. The van der Waals surface area contributed by atoms with Crippen molar-refractivity contribution >= 4 is 54.8 Å². The normalized spacial score (nSPS) is 11.9. The molecule has 21 heteroatoms. The number of hydrogen-bond donors (Lipinski definition) is 4. The lowest BCUT2D eigenvalue weighted by molar-refractivity contribution is -0.138. The van der Waals surface area contributed by atoms with Gasteiger partial charge in [-0.15, -0.1) is 0 Å². The molecule has 6 N–H and O–H groups in total. The average Bonchev–Trinajstić information content (AvgIpc) is 3.18. The number of sulfonamides is 2. The second-order valence-electron chi connectivity index (χ2n) is 13.5. The van der Waals surface area contributed by atoms with Crippen molar-refractivity contribution in [1.82, 2.24) is 9.97 Å². The smallest absolute Gasteiger partial charge is 0.326 e. The quantitative estimate of drug-likeness (QED) is 0.0985. The molecule has 0 bridgehead atoms. The van der Waals surface area contributed by atoms with Gasteiger partial charge in [0.15, 0.2) is 0 Å². The summed E-state index contributed by atoms with van der Waals surface area (Å²) in [5.41, 5.74) is 0.347. The Labute approximate surface area is 356 Å². The standard InChI is InChI=1S/C21H18F3N3O3S.C20H15ClF3N3O3S/c1-13-2-4-14(5-3-13)8-20(28)27-17-6-7-18(19(10-17)31(25,29)30)15-9-16(12-26-11-15)21(22,23)24;21-15-3-1-2-12(6-15)7-19(28)27-16-4-5-17(18(9-16)31(25,29)30)13-8-14(11-26-10-13)20(22,23)24/h2-7,9-12H,8H2,1H3,(H,27,28)(H2,25,29,30);1-6,8-11H,7H2,(H,27,28)(H2,25,29,30). The number of hydrogen-bond acceptors (Lipinski definition) is 8. The maximum absolute atomic E-state index is 13.0. The van der Waals surface area contributed by atoms with Gasteiger partial charge >= 0.3 is 12.4 Å². The summed E-state index contributed by atoms with van der Waals surface area (Å²) in [7, 11) is -8.64. The third kappa shape index (κ3) is 12.9. The Morgan fingerprint density at radius 3 is 1.44 bits per heavy atom. The Kier molecular flexibility index (Phi) is 14.2. The molecule has 0 aliphatic carbocycles. The summed E-state index contributed by atoms with van der Waals surface area (Å²) in [5.74, 6) is -0.839. The molecule has 324 valence electrons. The van der Waals surface area contributed by atoms with Crippen LogP contribution in [-0.2, 0) is 54.8 Å². The van der Waals surface area contributed by atoms with Crippen molar-refractivity contribution in [2.45, 2.75) is 41.9 Å². The maximum Gasteiger partial charge on any atom is 0.417 e. The minimum atomic E-state index is -4.65. The molecule has 0 saturated carbocycles. The number of aromatic nitrogens is 2. The van der Waals surface area contributed by atoms with Crippen LogP contribution in [0.3, 0.4) is 0 Å². The van der Waals surface area contributed by atoms with E-state index >= 15 is 0 Å². The van der Waals surface area contributed by atoms with Crippen LogP contribution in [0.15, 0.2) is 132 Å². The summed E-state index contributed by atoms with van der Waals surface area (Å²) in [6, 6.07) is 23.0. The first-order valence-corrected chi connectivity index (χ1v) is 21.1. The van der Waals surface area contributed by atoms with E-state index in [1.807, 2.05) is 19.1 Å². The molecule has 0 atom stereocenters. The number of carbonyl (C=O) groups is 2. The highest BCUT2D eigenvalue weighted by Gasteiger charge is 2.33. The van der Waals surface area contributed by atoms with Crippen LogP contribution in [-0.4, -0.2) is 38.6 Å². The third-order valence-corrected chi connectivity index (χ3v) is 10.8. The van der Waals surface area contributed by atoms with E-state index in [1.54, 1.807) is 36.4 Å². The number of nitrogens with zero attached hydrogens (tertiary/aromatic N) is 2. The van der Waals surface area contributed by atoms with Crippen LogP contribution >= 0.6 is 11.6 Å². The maximum atomic E-state index is 13.0. The summed E-state index contributed by atoms with van der Waals surface area (Å²) in [4.78, 5) is 30.8. The molecular formula is C41H33ClF6N6O6S2. The van der Waals surface area contributed by atoms with Crippen LogP contribution < -0.4 is 20.9 Å². The van der Waals surface area contributed by atoms with Gasteiger partial charge in [-0.3, -0.25) is 19.6 Å². The number of amides is 2. The van der Waals surface area contributed by atoms with Crippen LogP contribution in [0, 0.1) is 6.92 Å². The lowest BCUT2D eigenvalue weighted by Gasteiger charge is -2.13. The van der Waals surface area contributed by atoms with Crippen molar-refractivity contribution in [2.75, 3.05) is 10.6 Å². The summed E-state index contributed by atoms with van der Waals surface area (Å²) in [5, 5.41) is 16.1. The summed E-state index contributed by atoms with van der Waals surface area (Å²) >= 11 is 5.89. The molecule has 0 spiro atoms. The Morgan fingerprint density at radius 1 is 0.597 bits per heavy atom. The number of aryl methyl sites for hydroxylation is 1. The molecule has 0 fully saturated rings. The van der Waals surface area contributed by atoms with Gasteiger partial charge in [0, 0.05) is 63.4 Å². The van der Waals surface area contributed by atoms with Crippen molar-refractivity contribution < 1.29 is 52.8 Å². The van der Waals surface area contributed by atoms with Gasteiger partial charge < -0.3 is 10.6 Å². The molecule has 0 unspecified atom stereocenters. The summed E-state index contributed by atoms with van der Waals surface area (Å²) in [6.07, 6.45) is -5.79. The topological polar surface area (TPSA) is 204 Å². The predicted molar refractivity (Wildman–Crippen MR) is 219 cm³/mol. The molecule has 62 heavy (non-hydrogen) atoms. The fourth-order valence-corrected chi connectivity index (χ4v) is 7.55. The zero-order valence-electron chi connectivity index (χ0n) is 31.9. The highest BCUT2D eigenvalue weighted by molar-refractivity contribution is 7.89. The molecule has 0 aliphatic rings. The minimum Gasteiger partial charge on any atom is -0.326 e. The van der Waals surface area contributed by atoms with Crippen LogP contribution in [0.4, 0.5) is 37.7 Å². The number of alkyl halides is 6.